The van der Waals surface area contributed by atoms with Crippen LogP contribution in [-0.4, -0.2) is 29.4 Å². The lowest BCUT2D eigenvalue weighted by Crippen LogP contribution is -2.05. The number of hydrogen-bond donors (Lipinski definition) is 6. The topological polar surface area (TPSA) is 149 Å². The van der Waals surface area contributed by atoms with Crippen LogP contribution in [0.15, 0.2) is 36.4 Å². The zero-order valence-electron chi connectivity index (χ0n) is 76.0. The van der Waals surface area contributed by atoms with Crippen LogP contribution in [0, 0.1) is 0 Å². The lowest BCUT2D eigenvalue weighted by Gasteiger charge is -2.20. The fraction of sp³-hybridized carbons (Fsp3) is 0.818. The van der Waals surface area contributed by atoms with E-state index in [1.165, 1.54) is 435 Å². The van der Waals surface area contributed by atoms with Crippen LogP contribution in [0.3, 0.4) is 0 Å². The Balaban J connectivity index is 0. The highest BCUT2D eigenvalue weighted by Gasteiger charge is 2.21. The Morgan fingerprint density at radius 2 is 0.292 bits per heavy atom. The molecule has 664 valence electrons. The van der Waals surface area contributed by atoms with Gasteiger partial charge in [-0.3, -0.25) is 0 Å². The summed E-state index contributed by atoms with van der Waals surface area (Å²) in [7, 11) is -7.17. The fourth-order valence-corrected chi connectivity index (χ4v) is 17.6. The third-order valence-electron chi connectivity index (χ3n) is 23.3. The minimum absolute atomic E-state index is 0. The van der Waals surface area contributed by atoms with Gasteiger partial charge in [0.25, 0.3) is 0 Å². The van der Waals surface area contributed by atoms with E-state index in [0.29, 0.717) is 17.2 Å². The van der Waals surface area contributed by atoms with E-state index in [0.717, 1.165) is 77.0 Å². The van der Waals surface area contributed by atoms with Crippen LogP contribution in [-0.2, 0) is 57.8 Å². The number of aryl methyl sites for hydroxylation is 3. The fourth-order valence-electron chi connectivity index (χ4n) is 16.5. The van der Waals surface area contributed by atoms with Gasteiger partial charge >= 0.3 is 25.8 Å². The van der Waals surface area contributed by atoms with Crippen LogP contribution in [0.2, 0.25) is 0 Å². The third-order valence-corrected chi connectivity index (χ3v) is 24.4. The van der Waals surface area contributed by atoms with Crippen LogP contribution in [0.5, 0.6) is 17.2 Å². The second kappa shape index (κ2) is 85.9. The van der Waals surface area contributed by atoms with Gasteiger partial charge in [0.15, 0.2) is 0 Å². The van der Waals surface area contributed by atoms with Gasteiger partial charge in [-0.05, 0) is 184 Å². The Hall–Kier alpha value is -1.03. The van der Waals surface area contributed by atoms with Crippen LogP contribution in [0.4, 0.5) is 0 Å². The number of benzene rings is 3. The van der Waals surface area contributed by atoms with Gasteiger partial charge in [0.05, 0.1) is 0 Å². The van der Waals surface area contributed by atoms with Crippen molar-refractivity contribution in [1.82, 2.24) is 0 Å². The van der Waals surface area contributed by atoms with Crippen LogP contribution in [0.1, 0.15) is 517 Å². The molecule has 3 rings (SSSR count). The number of rotatable bonds is 78. The van der Waals surface area contributed by atoms with E-state index in [9.17, 15) is 29.4 Å². The van der Waals surface area contributed by atoms with Gasteiger partial charge in [-0.2, -0.15) is 19.8 Å². The lowest BCUT2D eigenvalue weighted by atomic mass is 9.89. The van der Waals surface area contributed by atoms with Crippen LogP contribution < -0.4 is 13.6 Å². The average Bonchev–Trinajstić information content (AvgIpc) is 0.830. The van der Waals surface area contributed by atoms with E-state index in [4.69, 9.17) is 13.6 Å². The molecule has 2 unspecified atom stereocenters. The lowest BCUT2D eigenvalue weighted by molar-refractivity contribution is 0.371. The van der Waals surface area contributed by atoms with Crippen LogP contribution in [0.25, 0.3) is 0 Å². The Labute approximate surface area is 712 Å². The molecule has 3 aromatic carbocycles. The number of unbranched alkanes of at least 4 members (excludes halogenated alkanes) is 54. The predicted octanol–water partition coefficient (Wildman–Crippen LogP) is 33.6. The van der Waals surface area contributed by atoms with Gasteiger partial charge < -0.3 is 42.9 Å². The summed E-state index contributed by atoms with van der Waals surface area (Å²) in [4.78, 5) is 58.0. The molecule has 9 nitrogen and oxygen atoms in total. The molecule has 0 aliphatic rings. The van der Waals surface area contributed by atoms with Crippen molar-refractivity contribution in [3.8, 4) is 17.2 Å². The van der Waals surface area contributed by atoms with Crippen molar-refractivity contribution in [1.29, 1.82) is 0 Å². The molecule has 3 aromatic rings. The molecule has 0 spiro atoms. The smallest absolute Gasteiger partial charge is 0.391 e. The molecule has 0 radical (unpaired) electrons. The third kappa shape index (κ3) is 64.5. The molecule has 0 saturated carbocycles. The van der Waals surface area contributed by atoms with Gasteiger partial charge in [0.2, 0.25) is 0 Å². The zero-order valence-corrected chi connectivity index (χ0v) is 81.6. The molecule has 113 heavy (non-hydrogen) atoms. The maximum Gasteiger partial charge on any atom is 0.391 e. The van der Waals surface area contributed by atoms with Crippen molar-refractivity contribution < 1.29 is 42.9 Å². The summed E-state index contributed by atoms with van der Waals surface area (Å²) in [6.45, 7) is 20.5. The van der Waals surface area contributed by atoms with Gasteiger partial charge in [-0.25, -0.2) is 0 Å². The zero-order chi connectivity index (χ0) is 80.9. The van der Waals surface area contributed by atoms with Crippen molar-refractivity contribution >= 4 is 45.6 Å². The first-order chi connectivity index (χ1) is 54.4. The van der Waals surface area contributed by atoms with Crippen molar-refractivity contribution in [3.05, 3.63) is 86.5 Å². The molecule has 14 heteroatoms. The second-order valence-corrected chi connectivity index (χ2v) is 35.5. The summed E-state index contributed by atoms with van der Waals surface area (Å²) in [5.74, 6) is 2.13. The second-order valence-electron chi connectivity index (χ2n) is 33.4. The van der Waals surface area contributed by atoms with Crippen LogP contribution >= 0.6 is 45.6 Å². The molecule has 6 N–H and O–H groups in total. The van der Waals surface area contributed by atoms with Crippen molar-refractivity contribution in [2.75, 3.05) is 0 Å². The molecular formula is C99H189O9P5. The summed E-state index contributed by atoms with van der Waals surface area (Å²) in [6.07, 6.45) is 92.3. The van der Waals surface area contributed by atoms with Gasteiger partial charge in [-0.15, -0.1) is 0 Å². The Morgan fingerprint density at radius 3 is 0.434 bits per heavy atom. The molecule has 0 aliphatic heterocycles. The standard InChI is InChI=1S/3C33H61O3P.2H3P/c3*1-4-7-10-13-16-19-22-25-30-28-29-33(36-37(34)35)32(27-24-21-18-15-12-9-6-3)31(30)26-23-20-17-14-11-8-5-2;;/h3*28-29,34-35H,4-27H2,1-3H3;2*1H3. The molecule has 2 atom stereocenters. The van der Waals surface area contributed by atoms with Gasteiger partial charge in [0, 0.05) is 0 Å². The minimum Gasteiger partial charge on any atom is -0.427 e. The number of hydrogen-bond acceptors (Lipinski definition) is 9. The largest absolute Gasteiger partial charge is 0.427 e. The molecule has 0 fully saturated rings. The monoisotopic (exact) mass is 1680 g/mol. The highest BCUT2D eigenvalue weighted by Crippen LogP contribution is 2.41. The van der Waals surface area contributed by atoms with E-state index >= 15 is 0 Å². The van der Waals surface area contributed by atoms with Gasteiger partial charge in [-0.1, -0.05) is 427 Å². The van der Waals surface area contributed by atoms with Crippen molar-refractivity contribution in [3.63, 3.8) is 0 Å². The average molecular weight is 1680 g/mol. The first-order valence-corrected chi connectivity index (χ1v) is 51.9. The predicted molar refractivity (Wildman–Crippen MR) is 513 cm³/mol. The molecule has 0 saturated heterocycles. The van der Waals surface area contributed by atoms with E-state index in [2.05, 4.69) is 80.5 Å². The SMILES string of the molecule is CCCCCCCCCc1ccc(OP(O)O)c(CCCCCCCCC)c1CCCCCCCCC.CCCCCCCCCc1ccc(OP(O)O)c(CCCCCCCCC)c1CCCCCCCCC.CCCCCCCCCc1ccc(OP(O)O)c(CCCCCCCCC)c1CCCCCCCCC.P.P. The van der Waals surface area contributed by atoms with E-state index in [-0.39, 0.29) is 19.8 Å². The maximum atomic E-state index is 9.66. The Bertz CT molecular complexity index is 2210. The summed E-state index contributed by atoms with van der Waals surface area (Å²) in [5.41, 5.74) is 12.6. The highest BCUT2D eigenvalue weighted by molar-refractivity contribution is 7.40. The van der Waals surface area contributed by atoms with Gasteiger partial charge in [0.1, 0.15) is 17.2 Å². The normalized spacial score (nSPS) is 11.3. The molecule has 0 bridgehead atoms. The Morgan fingerprint density at radius 1 is 0.168 bits per heavy atom. The minimum atomic E-state index is -2.39. The summed E-state index contributed by atoms with van der Waals surface area (Å²) in [6, 6.07) is 12.7. The molecule has 0 aliphatic carbocycles. The molecule has 0 heterocycles. The summed E-state index contributed by atoms with van der Waals surface area (Å²) >= 11 is 0. The van der Waals surface area contributed by atoms with E-state index < -0.39 is 25.8 Å². The first kappa shape index (κ1) is 114. The molecule has 0 amide bonds. The highest BCUT2D eigenvalue weighted by atomic mass is 31.2. The van der Waals surface area contributed by atoms with Crippen molar-refractivity contribution in [2.45, 2.75) is 525 Å². The Kier molecular flexibility index (Phi) is 86.7. The molecular weight excluding hydrogens is 1490 g/mol. The molecule has 0 aromatic heterocycles. The first-order valence-electron chi connectivity index (χ1n) is 48.4. The van der Waals surface area contributed by atoms with Crippen molar-refractivity contribution in [2.24, 2.45) is 0 Å². The summed E-state index contributed by atoms with van der Waals surface area (Å²) < 4.78 is 16.7. The maximum absolute atomic E-state index is 9.66. The van der Waals surface area contributed by atoms with E-state index in [1.54, 1.807) is 0 Å². The van der Waals surface area contributed by atoms with E-state index in [1.807, 2.05) is 18.2 Å². The quantitative estimate of drug-likeness (QED) is 0.0240. The summed E-state index contributed by atoms with van der Waals surface area (Å²) in [5, 5.41) is 0.